The van der Waals surface area contributed by atoms with Crippen molar-refractivity contribution in [3.05, 3.63) is 35.4 Å². The van der Waals surface area contributed by atoms with Gasteiger partial charge < -0.3 is 5.32 Å². The van der Waals surface area contributed by atoms with Crippen molar-refractivity contribution in [1.29, 1.82) is 0 Å². The van der Waals surface area contributed by atoms with Gasteiger partial charge in [-0.1, -0.05) is 51.0 Å². The Morgan fingerprint density at radius 2 is 1.94 bits per heavy atom. The molecule has 18 heavy (non-hydrogen) atoms. The number of benzene rings is 1. The number of unbranched alkanes of at least 4 members (excludes halogenated alkanes) is 1. The van der Waals surface area contributed by atoms with Crippen LogP contribution in [0.3, 0.4) is 0 Å². The van der Waals surface area contributed by atoms with Crippen molar-refractivity contribution in [2.45, 2.75) is 58.4 Å². The Balaban J connectivity index is 1.67. The van der Waals surface area contributed by atoms with Crippen molar-refractivity contribution in [2.24, 2.45) is 5.92 Å². The van der Waals surface area contributed by atoms with Crippen molar-refractivity contribution in [2.75, 3.05) is 6.54 Å². The summed E-state index contributed by atoms with van der Waals surface area (Å²) in [4.78, 5) is 0. The molecule has 1 heteroatoms. The number of hydrogen-bond acceptors (Lipinski definition) is 1. The molecule has 0 heterocycles. The Morgan fingerprint density at radius 3 is 2.72 bits per heavy atom. The van der Waals surface area contributed by atoms with E-state index in [0.29, 0.717) is 6.04 Å². The summed E-state index contributed by atoms with van der Waals surface area (Å²) in [7, 11) is 0. The van der Waals surface area contributed by atoms with Crippen LogP contribution < -0.4 is 5.32 Å². The quantitative estimate of drug-likeness (QED) is 0.748. The highest BCUT2D eigenvalue weighted by Gasteiger charge is 2.16. The predicted molar refractivity (Wildman–Crippen MR) is 78.9 cm³/mol. The number of fused-ring (bicyclic) bond motifs is 1. The molecule has 2 rings (SSSR count). The van der Waals surface area contributed by atoms with Crippen LogP contribution in [0.2, 0.25) is 0 Å². The fourth-order valence-corrected chi connectivity index (χ4v) is 2.86. The Labute approximate surface area is 112 Å². The lowest BCUT2D eigenvalue weighted by atomic mass is 9.88. The molecule has 1 unspecified atom stereocenters. The van der Waals surface area contributed by atoms with E-state index in [0.717, 1.165) is 5.92 Å². The first-order valence-corrected chi connectivity index (χ1v) is 7.56. The molecule has 0 amide bonds. The van der Waals surface area contributed by atoms with E-state index >= 15 is 0 Å². The van der Waals surface area contributed by atoms with Crippen LogP contribution in [0.5, 0.6) is 0 Å². The molecule has 0 saturated heterocycles. The summed E-state index contributed by atoms with van der Waals surface area (Å²) in [6.07, 6.45) is 7.85. The lowest BCUT2D eigenvalue weighted by Gasteiger charge is -2.25. The highest BCUT2D eigenvalue weighted by molar-refractivity contribution is 5.30. The van der Waals surface area contributed by atoms with Gasteiger partial charge in [-0.25, -0.2) is 0 Å². The lowest BCUT2D eigenvalue weighted by Crippen LogP contribution is -2.35. The predicted octanol–water partition coefficient (Wildman–Crippen LogP) is 3.96. The van der Waals surface area contributed by atoms with E-state index in [2.05, 4.69) is 43.4 Å². The number of nitrogens with one attached hydrogen (secondary N) is 1. The van der Waals surface area contributed by atoms with Gasteiger partial charge in [-0.15, -0.1) is 0 Å². The normalized spacial score (nSPS) is 18.9. The highest BCUT2D eigenvalue weighted by atomic mass is 14.9. The summed E-state index contributed by atoms with van der Waals surface area (Å²) in [6.45, 7) is 5.82. The van der Waals surface area contributed by atoms with E-state index < -0.39 is 0 Å². The first-order valence-electron chi connectivity index (χ1n) is 7.56. The maximum Gasteiger partial charge on any atom is 0.0111 e. The minimum atomic E-state index is 0.707. The topological polar surface area (TPSA) is 12.0 Å². The summed E-state index contributed by atoms with van der Waals surface area (Å²) in [5.74, 6) is 0.853. The number of aryl methyl sites for hydroxylation is 1. The summed E-state index contributed by atoms with van der Waals surface area (Å²) in [5, 5.41) is 3.74. The van der Waals surface area contributed by atoms with Crippen LogP contribution in [0.4, 0.5) is 0 Å². The third-order valence-corrected chi connectivity index (χ3v) is 3.99. The molecular formula is C17H27N. The molecule has 0 fully saturated rings. The molecule has 1 N–H and O–H groups in total. The van der Waals surface area contributed by atoms with Gasteiger partial charge in [0, 0.05) is 6.04 Å². The minimum absolute atomic E-state index is 0.707. The van der Waals surface area contributed by atoms with Gasteiger partial charge in [-0.2, -0.15) is 0 Å². The zero-order valence-electron chi connectivity index (χ0n) is 11.9. The smallest absolute Gasteiger partial charge is 0.0111 e. The molecule has 1 atom stereocenters. The van der Waals surface area contributed by atoms with Crippen molar-refractivity contribution < 1.29 is 0 Å². The van der Waals surface area contributed by atoms with Gasteiger partial charge in [-0.05, 0) is 49.3 Å². The first-order chi connectivity index (χ1) is 8.75. The fourth-order valence-electron chi connectivity index (χ4n) is 2.86. The molecule has 0 spiro atoms. The molecular weight excluding hydrogens is 218 g/mol. The zero-order chi connectivity index (χ0) is 12.8. The van der Waals surface area contributed by atoms with Crippen molar-refractivity contribution in [3.63, 3.8) is 0 Å². The molecule has 1 aliphatic rings. The van der Waals surface area contributed by atoms with E-state index in [1.807, 2.05) is 0 Å². The van der Waals surface area contributed by atoms with E-state index in [1.54, 1.807) is 11.1 Å². The Bertz CT molecular complexity index is 356. The molecule has 100 valence electrons. The molecule has 0 aromatic heterocycles. The second-order valence-corrected chi connectivity index (χ2v) is 6.05. The number of hydrogen-bond donors (Lipinski definition) is 1. The van der Waals surface area contributed by atoms with Crippen LogP contribution in [0.1, 0.15) is 50.7 Å². The van der Waals surface area contributed by atoms with Gasteiger partial charge in [0.1, 0.15) is 0 Å². The van der Waals surface area contributed by atoms with E-state index in [1.165, 1.54) is 45.1 Å². The van der Waals surface area contributed by atoms with Gasteiger partial charge in [0.2, 0.25) is 0 Å². The van der Waals surface area contributed by atoms with Crippen LogP contribution in [-0.2, 0) is 12.8 Å². The maximum atomic E-state index is 3.74. The minimum Gasteiger partial charge on any atom is -0.314 e. The van der Waals surface area contributed by atoms with E-state index in [-0.39, 0.29) is 0 Å². The molecule has 0 radical (unpaired) electrons. The van der Waals surface area contributed by atoms with Gasteiger partial charge in [0.05, 0.1) is 0 Å². The maximum absolute atomic E-state index is 3.74. The second-order valence-electron chi connectivity index (χ2n) is 6.05. The van der Waals surface area contributed by atoms with Crippen molar-refractivity contribution in [3.8, 4) is 0 Å². The Morgan fingerprint density at radius 1 is 1.17 bits per heavy atom. The van der Waals surface area contributed by atoms with Crippen LogP contribution in [0.25, 0.3) is 0 Å². The summed E-state index contributed by atoms with van der Waals surface area (Å²) >= 11 is 0. The SMILES string of the molecule is CC(C)CCCCNC1CCc2ccccc2C1. The van der Waals surface area contributed by atoms with E-state index in [9.17, 15) is 0 Å². The van der Waals surface area contributed by atoms with Crippen molar-refractivity contribution >= 4 is 0 Å². The van der Waals surface area contributed by atoms with Gasteiger partial charge in [0.15, 0.2) is 0 Å². The molecule has 0 aliphatic heterocycles. The standard InChI is InChI=1S/C17H27N/c1-14(2)7-5-6-12-18-17-11-10-15-8-3-4-9-16(15)13-17/h3-4,8-9,14,17-18H,5-7,10-13H2,1-2H3. The van der Waals surface area contributed by atoms with Crippen molar-refractivity contribution in [1.82, 2.24) is 5.32 Å². The summed E-state index contributed by atoms with van der Waals surface area (Å²) in [6, 6.07) is 9.62. The lowest BCUT2D eigenvalue weighted by molar-refractivity contribution is 0.440. The highest BCUT2D eigenvalue weighted by Crippen LogP contribution is 2.21. The second kappa shape index (κ2) is 6.94. The zero-order valence-corrected chi connectivity index (χ0v) is 11.9. The fraction of sp³-hybridized carbons (Fsp3) is 0.647. The Hall–Kier alpha value is -0.820. The Kier molecular flexibility index (Phi) is 5.25. The first kappa shape index (κ1) is 13.6. The molecule has 1 aliphatic carbocycles. The van der Waals surface area contributed by atoms with Crippen LogP contribution in [0, 0.1) is 5.92 Å². The van der Waals surface area contributed by atoms with Gasteiger partial charge >= 0.3 is 0 Å². The average molecular weight is 245 g/mol. The summed E-state index contributed by atoms with van der Waals surface area (Å²) < 4.78 is 0. The third kappa shape index (κ3) is 4.13. The largest absolute Gasteiger partial charge is 0.314 e. The molecule has 1 nitrogen and oxygen atoms in total. The van der Waals surface area contributed by atoms with Crippen LogP contribution in [-0.4, -0.2) is 12.6 Å². The van der Waals surface area contributed by atoms with Gasteiger partial charge in [0.25, 0.3) is 0 Å². The molecule has 1 aromatic carbocycles. The third-order valence-electron chi connectivity index (χ3n) is 3.99. The van der Waals surface area contributed by atoms with Crippen LogP contribution in [0.15, 0.2) is 24.3 Å². The summed E-state index contributed by atoms with van der Waals surface area (Å²) in [5.41, 5.74) is 3.12. The average Bonchev–Trinajstić information content (AvgIpc) is 2.38. The molecule has 0 bridgehead atoms. The monoisotopic (exact) mass is 245 g/mol. The van der Waals surface area contributed by atoms with Crippen LogP contribution >= 0.6 is 0 Å². The molecule has 1 aromatic rings. The van der Waals surface area contributed by atoms with Gasteiger partial charge in [-0.3, -0.25) is 0 Å². The number of rotatable bonds is 6. The van der Waals surface area contributed by atoms with E-state index in [4.69, 9.17) is 0 Å². The molecule has 0 saturated carbocycles.